The zero-order valence-corrected chi connectivity index (χ0v) is 14.4. The molecule has 0 radical (unpaired) electrons. The maximum atomic E-state index is 10.5. The lowest BCUT2D eigenvalue weighted by Gasteiger charge is -2.47. The second-order valence-corrected chi connectivity index (χ2v) is 7.28. The molecular formula is C17H32O4. The fraction of sp³-hybridized carbons (Fsp3) is 1.00. The lowest BCUT2D eigenvalue weighted by atomic mass is 9.79. The summed E-state index contributed by atoms with van der Waals surface area (Å²) in [7, 11) is 0. The van der Waals surface area contributed by atoms with Crippen LogP contribution in [-0.2, 0) is 14.2 Å². The summed E-state index contributed by atoms with van der Waals surface area (Å²) in [6.07, 6.45) is -0.989. The van der Waals surface area contributed by atoms with Crippen LogP contribution < -0.4 is 0 Å². The Morgan fingerprint density at radius 3 is 1.86 bits per heavy atom. The molecule has 2 aliphatic heterocycles. The molecule has 0 saturated carbocycles. The van der Waals surface area contributed by atoms with Gasteiger partial charge in [0.1, 0.15) is 6.10 Å². The molecule has 10 atom stereocenters. The van der Waals surface area contributed by atoms with Crippen LogP contribution >= 0.6 is 0 Å². The van der Waals surface area contributed by atoms with Gasteiger partial charge in [-0.25, -0.2) is 0 Å². The molecule has 4 heteroatoms. The van der Waals surface area contributed by atoms with Crippen molar-refractivity contribution in [3.63, 3.8) is 0 Å². The zero-order valence-electron chi connectivity index (χ0n) is 14.4. The third-order valence-corrected chi connectivity index (χ3v) is 5.98. The SMILES string of the molecule is CC1OC(OC2C(C)OC(C)C(C)C2O)C(C)C(C)C1C. The Balaban J connectivity index is 2.06. The monoisotopic (exact) mass is 300 g/mol. The quantitative estimate of drug-likeness (QED) is 0.852. The smallest absolute Gasteiger partial charge is 0.161 e. The third kappa shape index (κ3) is 3.29. The summed E-state index contributed by atoms with van der Waals surface area (Å²) in [4.78, 5) is 0. The summed E-state index contributed by atoms with van der Waals surface area (Å²) in [6, 6.07) is 0. The fourth-order valence-corrected chi connectivity index (χ4v) is 3.51. The van der Waals surface area contributed by atoms with E-state index in [-0.39, 0.29) is 36.6 Å². The number of aliphatic hydroxyl groups is 1. The maximum absolute atomic E-state index is 10.5. The molecule has 0 aromatic rings. The van der Waals surface area contributed by atoms with E-state index in [1.54, 1.807) is 0 Å². The van der Waals surface area contributed by atoms with Crippen LogP contribution in [-0.4, -0.2) is 41.9 Å². The topological polar surface area (TPSA) is 47.9 Å². The van der Waals surface area contributed by atoms with Crippen molar-refractivity contribution in [3.8, 4) is 0 Å². The third-order valence-electron chi connectivity index (χ3n) is 5.98. The van der Waals surface area contributed by atoms with Crippen LogP contribution in [0.2, 0.25) is 0 Å². The molecule has 2 aliphatic rings. The first-order chi connectivity index (χ1) is 9.73. The van der Waals surface area contributed by atoms with Gasteiger partial charge in [-0.3, -0.25) is 0 Å². The first-order valence-corrected chi connectivity index (χ1v) is 8.38. The van der Waals surface area contributed by atoms with Crippen molar-refractivity contribution in [2.24, 2.45) is 23.7 Å². The van der Waals surface area contributed by atoms with Crippen molar-refractivity contribution in [3.05, 3.63) is 0 Å². The van der Waals surface area contributed by atoms with E-state index in [9.17, 15) is 5.11 Å². The molecular weight excluding hydrogens is 268 g/mol. The minimum atomic E-state index is -0.510. The van der Waals surface area contributed by atoms with E-state index < -0.39 is 6.10 Å². The molecule has 2 fully saturated rings. The highest BCUT2D eigenvalue weighted by molar-refractivity contribution is 4.89. The molecule has 2 rings (SSSR count). The average molecular weight is 300 g/mol. The molecule has 2 heterocycles. The average Bonchev–Trinajstić information content (AvgIpc) is 2.44. The molecule has 21 heavy (non-hydrogen) atoms. The lowest BCUT2D eigenvalue weighted by molar-refractivity contribution is -0.303. The van der Waals surface area contributed by atoms with E-state index in [0.717, 1.165) is 0 Å². The Morgan fingerprint density at radius 2 is 1.24 bits per heavy atom. The van der Waals surface area contributed by atoms with Crippen LogP contribution in [0.3, 0.4) is 0 Å². The predicted molar refractivity (Wildman–Crippen MR) is 81.9 cm³/mol. The molecule has 4 nitrogen and oxygen atoms in total. The summed E-state index contributed by atoms with van der Waals surface area (Å²) in [5, 5.41) is 10.5. The fourth-order valence-electron chi connectivity index (χ4n) is 3.51. The predicted octanol–water partition coefficient (Wildman–Crippen LogP) is 2.83. The van der Waals surface area contributed by atoms with E-state index in [1.807, 2.05) is 20.8 Å². The van der Waals surface area contributed by atoms with Crippen molar-refractivity contribution >= 4 is 0 Å². The highest BCUT2D eigenvalue weighted by Gasteiger charge is 2.44. The molecule has 124 valence electrons. The molecule has 0 aromatic heterocycles. The van der Waals surface area contributed by atoms with Gasteiger partial charge < -0.3 is 19.3 Å². The molecule has 0 aromatic carbocycles. The molecule has 0 bridgehead atoms. The van der Waals surface area contributed by atoms with Gasteiger partial charge in [0.05, 0.1) is 24.4 Å². The molecule has 0 amide bonds. The van der Waals surface area contributed by atoms with Gasteiger partial charge >= 0.3 is 0 Å². The van der Waals surface area contributed by atoms with Gasteiger partial charge in [0.2, 0.25) is 0 Å². The van der Waals surface area contributed by atoms with Gasteiger partial charge in [-0.15, -0.1) is 0 Å². The number of ether oxygens (including phenoxy) is 3. The Labute approximate surface area is 129 Å². The Morgan fingerprint density at radius 1 is 0.667 bits per heavy atom. The number of hydrogen-bond donors (Lipinski definition) is 1. The number of rotatable bonds is 2. The summed E-state index contributed by atoms with van der Waals surface area (Å²) >= 11 is 0. The second-order valence-electron chi connectivity index (χ2n) is 7.28. The van der Waals surface area contributed by atoms with Gasteiger partial charge in [-0.1, -0.05) is 27.7 Å². The molecule has 1 N–H and O–H groups in total. The Hall–Kier alpha value is -0.160. The number of aliphatic hydroxyl groups excluding tert-OH is 1. The maximum Gasteiger partial charge on any atom is 0.161 e. The van der Waals surface area contributed by atoms with E-state index in [2.05, 4.69) is 27.7 Å². The molecule has 2 saturated heterocycles. The van der Waals surface area contributed by atoms with Crippen molar-refractivity contribution in [1.82, 2.24) is 0 Å². The highest BCUT2D eigenvalue weighted by Crippen LogP contribution is 2.37. The van der Waals surface area contributed by atoms with Crippen LogP contribution in [0.1, 0.15) is 48.5 Å². The molecule has 0 spiro atoms. The zero-order chi connectivity index (χ0) is 15.9. The van der Waals surface area contributed by atoms with Crippen LogP contribution in [0.25, 0.3) is 0 Å². The van der Waals surface area contributed by atoms with Crippen molar-refractivity contribution < 1.29 is 19.3 Å². The summed E-state index contributed by atoms with van der Waals surface area (Å²) in [6.45, 7) is 14.7. The molecule has 10 unspecified atom stereocenters. The Bertz CT molecular complexity index is 348. The standard InChI is InChI=1S/C17H32O4/c1-8-9(2)12(5)20-17(10(8)3)21-16-14(7)19-13(6)11(4)15(16)18/h8-18H,1-7H3. The molecule has 0 aliphatic carbocycles. The number of hydrogen-bond acceptors (Lipinski definition) is 4. The largest absolute Gasteiger partial charge is 0.390 e. The van der Waals surface area contributed by atoms with Gasteiger partial charge in [0.15, 0.2) is 6.29 Å². The first-order valence-electron chi connectivity index (χ1n) is 8.38. The van der Waals surface area contributed by atoms with E-state index in [1.165, 1.54) is 0 Å². The highest BCUT2D eigenvalue weighted by atomic mass is 16.7. The van der Waals surface area contributed by atoms with Crippen LogP contribution in [0.5, 0.6) is 0 Å². The van der Waals surface area contributed by atoms with Gasteiger partial charge in [-0.05, 0) is 32.6 Å². The van der Waals surface area contributed by atoms with Crippen molar-refractivity contribution in [2.75, 3.05) is 0 Å². The van der Waals surface area contributed by atoms with Gasteiger partial charge in [0, 0.05) is 11.8 Å². The minimum absolute atomic E-state index is 0.0532. The van der Waals surface area contributed by atoms with E-state index in [0.29, 0.717) is 17.8 Å². The summed E-state index contributed by atoms with van der Waals surface area (Å²) in [5.74, 6) is 1.43. The minimum Gasteiger partial charge on any atom is -0.390 e. The van der Waals surface area contributed by atoms with Gasteiger partial charge in [-0.2, -0.15) is 0 Å². The lowest BCUT2D eigenvalue weighted by Crippen LogP contribution is -2.56. The van der Waals surface area contributed by atoms with Gasteiger partial charge in [0.25, 0.3) is 0 Å². The van der Waals surface area contributed by atoms with E-state index in [4.69, 9.17) is 14.2 Å². The summed E-state index contributed by atoms with van der Waals surface area (Å²) in [5.41, 5.74) is 0. The second kappa shape index (κ2) is 6.53. The first kappa shape index (κ1) is 17.2. The van der Waals surface area contributed by atoms with Crippen molar-refractivity contribution in [1.29, 1.82) is 0 Å². The van der Waals surface area contributed by atoms with Crippen LogP contribution in [0, 0.1) is 23.7 Å². The van der Waals surface area contributed by atoms with Crippen LogP contribution in [0.4, 0.5) is 0 Å². The summed E-state index contributed by atoms with van der Waals surface area (Å²) < 4.78 is 18.1. The van der Waals surface area contributed by atoms with E-state index >= 15 is 0 Å². The Kier molecular flexibility index (Phi) is 5.35. The van der Waals surface area contributed by atoms with Crippen LogP contribution in [0.15, 0.2) is 0 Å². The van der Waals surface area contributed by atoms with Crippen molar-refractivity contribution in [2.45, 2.75) is 85.3 Å². The normalized spacial score (nSPS) is 55.4.